The number of nitrogens with two attached hydrogens (primary N) is 1. The molecule has 0 saturated carbocycles. The van der Waals surface area contributed by atoms with Crippen molar-refractivity contribution in [3.63, 3.8) is 0 Å². The summed E-state index contributed by atoms with van der Waals surface area (Å²) in [5.41, 5.74) is 5.86. The minimum atomic E-state index is -3.11. The van der Waals surface area contributed by atoms with Crippen LogP contribution in [0.2, 0.25) is 5.02 Å². The third-order valence-electron chi connectivity index (χ3n) is 5.62. The lowest BCUT2D eigenvalue weighted by molar-refractivity contribution is -0.0498. The number of nitrogens with zero attached hydrogens (tertiary/aromatic N) is 6. The maximum Gasteiger partial charge on any atom is 0.387 e. The molecule has 182 valence electrons. The number of anilines is 2. The summed E-state index contributed by atoms with van der Waals surface area (Å²) in [4.78, 5) is 28.5. The van der Waals surface area contributed by atoms with Crippen molar-refractivity contribution >= 4 is 45.9 Å². The Morgan fingerprint density at radius 3 is 2.81 bits per heavy atom. The van der Waals surface area contributed by atoms with Gasteiger partial charge in [-0.15, -0.1) is 11.8 Å². The molecule has 1 saturated heterocycles. The molecule has 0 spiro atoms. The van der Waals surface area contributed by atoms with Crippen LogP contribution in [0.4, 0.5) is 20.4 Å². The Labute approximate surface area is 212 Å². The van der Waals surface area contributed by atoms with Gasteiger partial charge in [0.05, 0.1) is 33.5 Å². The molecule has 1 fully saturated rings. The summed E-state index contributed by atoms with van der Waals surface area (Å²) in [6.45, 7) is -3.11. The van der Waals surface area contributed by atoms with Gasteiger partial charge >= 0.3 is 6.61 Å². The molecule has 0 aliphatic carbocycles. The minimum Gasteiger partial charge on any atom is -0.433 e. The predicted molar refractivity (Wildman–Crippen MR) is 133 cm³/mol. The number of hydrogen-bond donors (Lipinski definition) is 1. The molecule has 1 unspecified atom stereocenters. The number of para-hydroxylation sites is 2. The van der Waals surface area contributed by atoms with Gasteiger partial charge in [-0.05, 0) is 24.3 Å². The van der Waals surface area contributed by atoms with Crippen LogP contribution in [0.5, 0.6) is 5.75 Å². The van der Waals surface area contributed by atoms with Crippen molar-refractivity contribution < 1.29 is 13.5 Å². The SMILES string of the molecule is N#Cc1c(N)ncnc1N1CSCC1c1nc2cccc(Cl)c2c(=O)n1-c1ccccc1OC(F)F. The van der Waals surface area contributed by atoms with Crippen molar-refractivity contribution in [2.24, 2.45) is 0 Å². The number of aromatic nitrogens is 4. The quantitative estimate of drug-likeness (QED) is 0.408. The lowest BCUT2D eigenvalue weighted by Crippen LogP contribution is -2.33. The van der Waals surface area contributed by atoms with Crippen molar-refractivity contribution in [3.8, 4) is 17.5 Å². The number of halogens is 3. The van der Waals surface area contributed by atoms with Gasteiger partial charge in [0.1, 0.15) is 35.4 Å². The largest absolute Gasteiger partial charge is 0.433 e. The Morgan fingerprint density at radius 1 is 1.22 bits per heavy atom. The van der Waals surface area contributed by atoms with E-state index < -0.39 is 18.2 Å². The predicted octanol–water partition coefficient (Wildman–Crippen LogP) is 4.14. The van der Waals surface area contributed by atoms with Crippen molar-refractivity contribution in [1.82, 2.24) is 19.5 Å². The number of nitriles is 1. The molecule has 0 amide bonds. The lowest BCUT2D eigenvalue weighted by atomic mass is 10.1. The van der Waals surface area contributed by atoms with Crippen LogP contribution >= 0.6 is 23.4 Å². The fourth-order valence-corrected chi connectivity index (χ4v) is 5.49. The summed E-state index contributed by atoms with van der Waals surface area (Å²) in [5.74, 6) is 1.21. The van der Waals surface area contributed by atoms with E-state index in [0.29, 0.717) is 17.1 Å². The van der Waals surface area contributed by atoms with Gasteiger partial charge in [0, 0.05) is 5.75 Å². The molecule has 0 radical (unpaired) electrons. The average Bonchev–Trinajstić information content (AvgIpc) is 3.33. The standard InChI is InChI=1S/C23H16ClF2N7O2S/c24-13-4-3-5-14-18(13)22(34)33(15-6-1-2-7-17(15)35-23(25)26)21(31-14)16-9-36-11-32(16)20-12(8-27)19(28)29-10-30-20/h1-7,10,16,23H,9,11H2,(H2,28,29,30). The van der Waals surface area contributed by atoms with Crippen LogP contribution in [0.25, 0.3) is 16.6 Å². The molecule has 5 rings (SSSR count). The number of rotatable bonds is 5. The highest BCUT2D eigenvalue weighted by molar-refractivity contribution is 7.99. The average molecular weight is 528 g/mol. The van der Waals surface area contributed by atoms with Crippen LogP contribution in [-0.4, -0.2) is 37.8 Å². The van der Waals surface area contributed by atoms with Gasteiger partial charge in [-0.1, -0.05) is 29.8 Å². The van der Waals surface area contributed by atoms with Gasteiger partial charge in [0.15, 0.2) is 5.82 Å². The summed E-state index contributed by atoms with van der Waals surface area (Å²) in [7, 11) is 0. The maximum absolute atomic E-state index is 13.9. The van der Waals surface area contributed by atoms with Crippen molar-refractivity contribution in [2.45, 2.75) is 12.7 Å². The van der Waals surface area contributed by atoms with E-state index in [1.807, 2.05) is 6.07 Å². The number of alkyl halides is 2. The smallest absolute Gasteiger partial charge is 0.387 e. The monoisotopic (exact) mass is 527 g/mol. The van der Waals surface area contributed by atoms with Crippen LogP contribution in [0, 0.1) is 11.3 Å². The van der Waals surface area contributed by atoms with Gasteiger partial charge < -0.3 is 15.4 Å². The van der Waals surface area contributed by atoms with E-state index in [4.69, 9.17) is 27.1 Å². The highest BCUT2D eigenvalue weighted by Crippen LogP contribution is 2.39. The van der Waals surface area contributed by atoms with Gasteiger partial charge in [0.25, 0.3) is 5.56 Å². The number of ether oxygens (including phenoxy) is 1. The topological polar surface area (TPSA) is 123 Å². The highest BCUT2D eigenvalue weighted by Gasteiger charge is 2.35. The van der Waals surface area contributed by atoms with Gasteiger partial charge in [-0.25, -0.2) is 15.0 Å². The van der Waals surface area contributed by atoms with Gasteiger partial charge in [-0.2, -0.15) is 14.0 Å². The second-order valence-corrected chi connectivity index (χ2v) is 9.05. The second kappa shape index (κ2) is 9.60. The van der Waals surface area contributed by atoms with Crippen LogP contribution in [0.15, 0.2) is 53.6 Å². The summed E-state index contributed by atoms with van der Waals surface area (Å²) in [5, 5.41) is 9.98. The number of nitrogen functional groups attached to an aromatic ring is 1. The third kappa shape index (κ3) is 4.06. The van der Waals surface area contributed by atoms with Crippen LogP contribution in [0.3, 0.4) is 0 Å². The van der Waals surface area contributed by atoms with Gasteiger partial charge in [-0.3, -0.25) is 9.36 Å². The summed E-state index contributed by atoms with van der Waals surface area (Å²) in [6, 6.07) is 12.3. The summed E-state index contributed by atoms with van der Waals surface area (Å²) < 4.78 is 32.4. The second-order valence-electron chi connectivity index (χ2n) is 7.65. The molecule has 36 heavy (non-hydrogen) atoms. The molecule has 2 aromatic carbocycles. The Balaban J connectivity index is 1.80. The first-order valence-electron chi connectivity index (χ1n) is 10.5. The molecule has 1 atom stereocenters. The number of fused-ring (bicyclic) bond motifs is 1. The van der Waals surface area contributed by atoms with E-state index in [0.717, 1.165) is 0 Å². The van der Waals surface area contributed by atoms with Crippen molar-refractivity contribution in [1.29, 1.82) is 5.26 Å². The van der Waals surface area contributed by atoms with E-state index in [-0.39, 0.29) is 44.9 Å². The maximum atomic E-state index is 13.9. The lowest BCUT2D eigenvalue weighted by Gasteiger charge is -2.27. The first kappa shape index (κ1) is 23.8. The minimum absolute atomic E-state index is 0.0180. The number of benzene rings is 2. The fourth-order valence-electron chi connectivity index (χ4n) is 4.08. The Kier molecular flexibility index (Phi) is 6.34. The molecule has 2 aromatic heterocycles. The van der Waals surface area contributed by atoms with E-state index in [2.05, 4.69) is 9.97 Å². The Morgan fingerprint density at radius 2 is 2.03 bits per heavy atom. The molecular formula is C23H16ClF2N7O2S. The molecule has 0 bridgehead atoms. The van der Waals surface area contributed by atoms with Gasteiger partial charge in [0.2, 0.25) is 0 Å². The van der Waals surface area contributed by atoms with E-state index in [1.165, 1.54) is 40.9 Å². The first-order valence-corrected chi connectivity index (χ1v) is 12.0. The van der Waals surface area contributed by atoms with E-state index in [1.54, 1.807) is 29.2 Å². The zero-order valence-corrected chi connectivity index (χ0v) is 19.9. The molecular weight excluding hydrogens is 512 g/mol. The Bertz CT molecular complexity index is 1580. The zero-order chi connectivity index (χ0) is 25.4. The van der Waals surface area contributed by atoms with Crippen molar-refractivity contribution in [2.75, 3.05) is 22.3 Å². The van der Waals surface area contributed by atoms with Crippen LogP contribution < -0.4 is 20.9 Å². The summed E-state index contributed by atoms with van der Waals surface area (Å²) in [6.07, 6.45) is 1.25. The van der Waals surface area contributed by atoms with Crippen LogP contribution in [-0.2, 0) is 0 Å². The normalized spacial score (nSPS) is 15.4. The molecule has 1 aliphatic rings. The van der Waals surface area contributed by atoms with Crippen molar-refractivity contribution in [3.05, 3.63) is 75.6 Å². The third-order valence-corrected chi connectivity index (χ3v) is 6.94. The molecule has 9 nitrogen and oxygen atoms in total. The fraction of sp³-hybridized carbons (Fsp3) is 0.174. The first-order chi connectivity index (χ1) is 17.4. The zero-order valence-electron chi connectivity index (χ0n) is 18.3. The van der Waals surface area contributed by atoms with Crippen LogP contribution in [0.1, 0.15) is 17.4 Å². The number of hydrogen-bond acceptors (Lipinski definition) is 9. The van der Waals surface area contributed by atoms with E-state index in [9.17, 15) is 18.8 Å². The Hall–Kier alpha value is -3.95. The molecule has 3 heterocycles. The highest BCUT2D eigenvalue weighted by atomic mass is 35.5. The molecule has 4 aromatic rings. The molecule has 13 heteroatoms. The summed E-state index contributed by atoms with van der Waals surface area (Å²) >= 11 is 7.87. The molecule has 1 aliphatic heterocycles. The number of thioether (sulfide) groups is 1. The van der Waals surface area contributed by atoms with E-state index >= 15 is 0 Å². The molecule has 2 N–H and O–H groups in total.